The standard InChI is InChI=1S/C17H29N2O2.ClH/c1-4-5-6-7-8-9-10-18-11-12-19(15-18)13-14-21-17(20)16(2)3;/h11-12,15H,2,4-10,13-14H2,1,3H3;1H/q+1;/p-1. The summed E-state index contributed by atoms with van der Waals surface area (Å²) < 4.78 is 9.32. The molecular weight excluding hydrogens is 300 g/mol. The molecule has 0 bridgehead atoms. The third kappa shape index (κ3) is 8.88. The highest BCUT2D eigenvalue weighted by Crippen LogP contribution is 2.04. The molecule has 0 N–H and O–H groups in total. The van der Waals surface area contributed by atoms with Gasteiger partial charge in [0.05, 0.1) is 6.54 Å². The number of hydrogen-bond acceptors (Lipinski definition) is 2. The molecule has 0 fully saturated rings. The lowest BCUT2D eigenvalue weighted by Crippen LogP contribution is -3.00. The maximum Gasteiger partial charge on any atom is 0.333 e. The Morgan fingerprint density at radius 3 is 2.59 bits per heavy atom. The molecule has 0 radical (unpaired) electrons. The van der Waals surface area contributed by atoms with Crippen LogP contribution in [0.1, 0.15) is 52.4 Å². The zero-order valence-electron chi connectivity index (χ0n) is 13.9. The molecule has 1 aromatic heterocycles. The largest absolute Gasteiger partial charge is 1.00 e. The summed E-state index contributed by atoms with van der Waals surface area (Å²) in [4.78, 5) is 11.3. The van der Waals surface area contributed by atoms with Crippen LogP contribution in [-0.4, -0.2) is 17.1 Å². The summed E-state index contributed by atoms with van der Waals surface area (Å²) in [5.41, 5.74) is 0.445. The Bertz CT molecular complexity index is 444. The number of carbonyl (C=O) groups excluding carboxylic acids is 1. The van der Waals surface area contributed by atoms with Gasteiger partial charge in [-0.1, -0.05) is 39.2 Å². The highest BCUT2D eigenvalue weighted by Gasteiger charge is 2.06. The fraction of sp³-hybridized carbons (Fsp3) is 0.647. The highest BCUT2D eigenvalue weighted by atomic mass is 35.5. The Hall–Kier alpha value is -1.29. The quantitative estimate of drug-likeness (QED) is 0.253. The van der Waals surface area contributed by atoms with Crippen molar-refractivity contribution < 1.29 is 26.5 Å². The van der Waals surface area contributed by atoms with Gasteiger partial charge >= 0.3 is 5.97 Å². The minimum atomic E-state index is -0.317. The van der Waals surface area contributed by atoms with Crippen LogP contribution < -0.4 is 17.0 Å². The molecule has 0 aliphatic rings. The second-order valence-electron chi connectivity index (χ2n) is 5.57. The van der Waals surface area contributed by atoms with Crippen molar-refractivity contribution in [2.75, 3.05) is 6.61 Å². The van der Waals surface area contributed by atoms with E-state index in [1.54, 1.807) is 6.92 Å². The summed E-state index contributed by atoms with van der Waals surface area (Å²) in [6, 6.07) is 0. The lowest BCUT2D eigenvalue weighted by molar-refractivity contribution is -0.696. The van der Waals surface area contributed by atoms with Crippen LogP contribution in [0.3, 0.4) is 0 Å². The molecule has 0 saturated heterocycles. The Morgan fingerprint density at radius 2 is 1.91 bits per heavy atom. The maximum absolute atomic E-state index is 11.3. The summed E-state index contributed by atoms with van der Waals surface area (Å²) >= 11 is 0. The summed E-state index contributed by atoms with van der Waals surface area (Å²) in [7, 11) is 0. The number of aryl methyl sites for hydroxylation is 1. The minimum absolute atomic E-state index is 0. The van der Waals surface area contributed by atoms with Crippen LogP contribution in [0.15, 0.2) is 30.9 Å². The van der Waals surface area contributed by atoms with Crippen molar-refractivity contribution >= 4 is 5.97 Å². The minimum Gasteiger partial charge on any atom is -1.00 e. The van der Waals surface area contributed by atoms with E-state index in [9.17, 15) is 4.79 Å². The lowest BCUT2D eigenvalue weighted by atomic mass is 10.1. The van der Waals surface area contributed by atoms with Crippen molar-refractivity contribution in [2.24, 2.45) is 0 Å². The van der Waals surface area contributed by atoms with Gasteiger partial charge in [0.25, 0.3) is 0 Å². The second kappa shape index (κ2) is 12.3. The Balaban J connectivity index is 0.00000441. The molecule has 126 valence electrons. The van der Waals surface area contributed by atoms with E-state index >= 15 is 0 Å². The zero-order chi connectivity index (χ0) is 15.5. The number of aromatic nitrogens is 2. The molecular formula is C17H29ClN2O2. The third-order valence-corrected chi connectivity index (χ3v) is 3.45. The Morgan fingerprint density at radius 1 is 1.23 bits per heavy atom. The van der Waals surface area contributed by atoms with E-state index in [1.807, 2.05) is 10.8 Å². The molecule has 0 unspecified atom stereocenters. The monoisotopic (exact) mass is 328 g/mol. The van der Waals surface area contributed by atoms with Gasteiger partial charge in [-0.15, -0.1) is 0 Å². The van der Waals surface area contributed by atoms with Crippen molar-refractivity contribution in [3.8, 4) is 0 Å². The first-order valence-corrected chi connectivity index (χ1v) is 8.01. The fourth-order valence-corrected chi connectivity index (χ4v) is 2.14. The number of rotatable bonds is 11. The Labute approximate surface area is 140 Å². The molecule has 0 spiro atoms. The number of ether oxygens (including phenoxy) is 1. The van der Waals surface area contributed by atoms with Gasteiger partial charge in [0, 0.05) is 5.57 Å². The number of halogens is 1. The van der Waals surface area contributed by atoms with Gasteiger partial charge in [0.15, 0.2) is 0 Å². The molecule has 0 aliphatic carbocycles. The number of unbranched alkanes of at least 4 members (excludes halogenated alkanes) is 5. The number of nitrogens with zero attached hydrogens (tertiary/aromatic N) is 2. The van der Waals surface area contributed by atoms with Crippen molar-refractivity contribution in [1.82, 2.24) is 4.57 Å². The average molecular weight is 329 g/mol. The maximum atomic E-state index is 11.3. The molecule has 0 aliphatic heterocycles. The molecule has 4 nitrogen and oxygen atoms in total. The van der Waals surface area contributed by atoms with Gasteiger partial charge in [-0.3, -0.25) is 0 Å². The van der Waals surface area contributed by atoms with Gasteiger partial charge in [-0.25, -0.2) is 13.9 Å². The first kappa shape index (κ1) is 20.7. The van der Waals surface area contributed by atoms with Crippen molar-refractivity contribution in [2.45, 2.75) is 65.5 Å². The predicted molar refractivity (Wildman–Crippen MR) is 83.8 cm³/mol. The van der Waals surface area contributed by atoms with Crippen LogP contribution in [0, 0.1) is 0 Å². The van der Waals surface area contributed by atoms with E-state index in [2.05, 4.69) is 30.6 Å². The third-order valence-electron chi connectivity index (χ3n) is 3.45. The molecule has 0 aromatic carbocycles. The van der Waals surface area contributed by atoms with Gasteiger partial charge in [0.2, 0.25) is 6.33 Å². The molecule has 0 saturated carbocycles. The van der Waals surface area contributed by atoms with Crippen LogP contribution in [-0.2, 0) is 22.6 Å². The first-order valence-electron chi connectivity index (χ1n) is 8.01. The highest BCUT2D eigenvalue weighted by molar-refractivity contribution is 5.86. The number of carbonyl (C=O) groups is 1. The topological polar surface area (TPSA) is 35.1 Å². The number of esters is 1. The van der Waals surface area contributed by atoms with Crippen molar-refractivity contribution in [3.05, 3.63) is 30.9 Å². The number of hydrogen-bond donors (Lipinski definition) is 0. The predicted octanol–water partition coefficient (Wildman–Crippen LogP) is 0.259. The summed E-state index contributed by atoms with van der Waals surface area (Å²) in [5, 5.41) is 0. The van der Waals surface area contributed by atoms with Crippen LogP contribution in [0.2, 0.25) is 0 Å². The molecule has 1 heterocycles. The molecule has 1 rings (SSSR count). The first-order chi connectivity index (χ1) is 10.1. The van der Waals surface area contributed by atoms with Crippen molar-refractivity contribution in [1.29, 1.82) is 0 Å². The van der Waals surface area contributed by atoms with Gasteiger partial charge in [-0.2, -0.15) is 0 Å². The van der Waals surface area contributed by atoms with Crippen LogP contribution in [0.5, 0.6) is 0 Å². The molecule has 5 heteroatoms. The summed E-state index contributed by atoms with van der Waals surface area (Å²) in [6.07, 6.45) is 14.0. The van der Waals surface area contributed by atoms with E-state index in [4.69, 9.17) is 4.74 Å². The van der Waals surface area contributed by atoms with Gasteiger partial charge in [0.1, 0.15) is 25.5 Å². The van der Waals surface area contributed by atoms with Crippen LogP contribution >= 0.6 is 0 Å². The van der Waals surface area contributed by atoms with Gasteiger partial charge in [-0.05, 0) is 19.8 Å². The Kier molecular flexibility index (Phi) is 11.6. The van der Waals surface area contributed by atoms with E-state index < -0.39 is 0 Å². The molecule has 22 heavy (non-hydrogen) atoms. The lowest BCUT2D eigenvalue weighted by Gasteiger charge is -2.01. The van der Waals surface area contributed by atoms with E-state index in [-0.39, 0.29) is 18.4 Å². The van der Waals surface area contributed by atoms with Gasteiger partial charge < -0.3 is 17.1 Å². The summed E-state index contributed by atoms with van der Waals surface area (Å²) in [5.74, 6) is -0.317. The number of imidazole rings is 1. The fourth-order valence-electron chi connectivity index (χ4n) is 2.14. The smallest absolute Gasteiger partial charge is 0.333 e. The molecule has 1 aromatic rings. The van der Waals surface area contributed by atoms with E-state index in [0.29, 0.717) is 18.7 Å². The second-order valence-corrected chi connectivity index (χ2v) is 5.57. The van der Waals surface area contributed by atoms with Crippen LogP contribution in [0.25, 0.3) is 0 Å². The molecule has 0 amide bonds. The zero-order valence-corrected chi connectivity index (χ0v) is 14.6. The van der Waals surface area contributed by atoms with E-state index in [1.165, 1.54) is 38.5 Å². The van der Waals surface area contributed by atoms with Crippen LogP contribution in [0.4, 0.5) is 0 Å². The molecule has 0 atom stereocenters. The normalized spacial score (nSPS) is 10.1. The van der Waals surface area contributed by atoms with E-state index in [0.717, 1.165) is 6.54 Å². The SMILES string of the molecule is C=C(C)C(=O)OCCn1cc[n+](CCCCCCCC)c1.[Cl-]. The van der Waals surface area contributed by atoms with Crippen molar-refractivity contribution in [3.63, 3.8) is 0 Å². The average Bonchev–Trinajstić information content (AvgIpc) is 2.90. The summed E-state index contributed by atoms with van der Waals surface area (Å²) in [6.45, 7) is 9.59.